The zero-order valence-electron chi connectivity index (χ0n) is 11.1. The average molecular weight is 257 g/mol. The van der Waals surface area contributed by atoms with E-state index in [1.54, 1.807) is 12.3 Å². The number of fused-ring (bicyclic) bond motifs is 1. The molecule has 0 bridgehead atoms. The van der Waals surface area contributed by atoms with Gasteiger partial charge >= 0.3 is 0 Å². The molecule has 0 saturated heterocycles. The van der Waals surface area contributed by atoms with Gasteiger partial charge in [0.2, 0.25) is 0 Å². The van der Waals surface area contributed by atoms with Crippen LogP contribution in [0, 0.1) is 0 Å². The molecule has 1 aromatic heterocycles. The third-order valence-corrected chi connectivity index (χ3v) is 3.78. The SMILES string of the molecule is CC(Cc1ccco1)NC1CCc2cc(O)ccc21. The molecule has 0 fully saturated rings. The molecule has 19 heavy (non-hydrogen) atoms. The van der Waals surface area contributed by atoms with E-state index in [4.69, 9.17) is 4.42 Å². The van der Waals surface area contributed by atoms with Crippen LogP contribution in [0.3, 0.4) is 0 Å². The smallest absolute Gasteiger partial charge is 0.115 e. The molecule has 1 aromatic carbocycles. The van der Waals surface area contributed by atoms with Crippen molar-refractivity contribution in [2.45, 2.75) is 38.3 Å². The van der Waals surface area contributed by atoms with E-state index < -0.39 is 0 Å². The molecule has 2 unspecified atom stereocenters. The summed E-state index contributed by atoms with van der Waals surface area (Å²) in [6.45, 7) is 2.18. The Balaban J connectivity index is 1.66. The Morgan fingerprint density at radius 2 is 2.32 bits per heavy atom. The standard InChI is InChI=1S/C16H19NO2/c1-11(9-14-3-2-8-19-14)17-16-7-4-12-10-13(18)5-6-15(12)16/h2-3,5-6,8,10-11,16-18H,4,7,9H2,1H3. The van der Waals surface area contributed by atoms with Crippen molar-refractivity contribution in [2.24, 2.45) is 0 Å². The topological polar surface area (TPSA) is 45.4 Å². The molecule has 0 spiro atoms. The Morgan fingerprint density at radius 3 is 3.11 bits per heavy atom. The van der Waals surface area contributed by atoms with Crippen LogP contribution >= 0.6 is 0 Å². The van der Waals surface area contributed by atoms with Crippen molar-refractivity contribution in [1.82, 2.24) is 5.32 Å². The second-order valence-corrected chi connectivity index (χ2v) is 5.33. The van der Waals surface area contributed by atoms with Gasteiger partial charge in [0.1, 0.15) is 11.5 Å². The van der Waals surface area contributed by atoms with Crippen molar-refractivity contribution in [3.63, 3.8) is 0 Å². The minimum Gasteiger partial charge on any atom is -0.508 e. The zero-order valence-corrected chi connectivity index (χ0v) is 11.1. The Morgan fingerprint density at radius 1 is 1.42 bits per heavy atom. The van der Waals surface area contributed by atoms with Gasteiger partial charge in [0.05, 0.1) is 6.26 Å². The van der Waals surface area contributed by atoms with E-state index >= 15 is 0 Å². The molecule has 3 nitrogen and oxygen atoms in total. The fraction of sp³-hybridized carbons (Fsp3) is 0.375. The Kier molecular flexibility index (Phi) is 3.30. The summed E-state index contributed by atoms with van der Waals surface area (Å²) in [4.78, 5) is 0. The fourth-order valence-corrected chi connectivity index (χ4v) is 2.91. The van der Waals surface area contributed by atoms with Crippen LogP contribution in [0.1, 0.15) is 36.3 Å². The number of aromatic hydroxyl groups is 1. The second kappa shape index (κ2) is 5.10. The van der Waals surface area contributed by atoms with Crippen molar-refractivity contribution < 1.29 is 9.52 Å². The summed E-state index contributed by atoms with van der Waals surface area (Å²) in [6, 6.07) is 10.4. The van der Waals surface area contributed by atoms with E-state index in [0.717, 1.165) is 25.0 Å². The highest BCUT2D eigenvalue weighted by Crippen LogP contribution is 2.33. The summed E-state index contributed by atoms with van der Waals surface area (Å²) < 4.78 is 5.38. The van der Waals surface area contributed by atoms with Crippen LogP contribution in [0.4, 0.5) is 0 Å². The predicted octanol–water partition coefficient (Wildman–Crippen LogP) is 3.19. The van der Waals surface area contributed by atoms with Crippen LogP contribution in [0.25, 0.3) is 0 Å². The number of nitrogens with one attached hydrogen (secondary N) is 1. The van der Waals surface area contributed by atoms with Gasteiger partial charge in [0, 0.05) is 18.5 Å². The lowest BCUT2D eigenvalue weighted by molar-refractivity contribution is 0.415. The first-order chi connectivity index (χ1) is 9.22. The summed E-state index contributed by atoms with van der Waals surface area (Å²) in [5.74, 6) is 1.38. The lowest BCUT2D eigenvalue weighted by Crippen LogP contribution is -2.31. The molecule has 0 saturated carbocycles. The third kappa shape index (κ3) is 2.66. The van der Waals surface area contributed by atoms with Crippen LogP contribution in [0.15, 0.2) is 41.0 Å². The first-order valence-electron chi connectivity index (χ1n) is 6.82. The van der Waals surface area contributed by atoms with Gasteiger partial charge in [-0.25, -0.2) is 0 Å². The van der Waals surface area contributed by atoms with Crippen molar-refractivity contribution in [3.8, 4) is 5.75 Å². The molecular formula is C16H19NO2. The summed E-state index contributed by atoms with van der Waals surface area (Å²) in [5, 5.41) is 13.2. The van der Waals surface area contributed by atoms with E-state index in [2.05, 4.69) is 12.2 Å². The predicted molar refractivity (Wildman–Crippen MR) is 74.2 cm³/mol. The maximum absolute atomic E-state index is 9.50. The monoisotopic (exact) mass is 257 g/mol. The molecule has 1 aliphatic carbocycles. The molecule has 1 aliphatic rings. The Bertz CT molecular complexity index is 548. The van der Waals surface area contributed by atoms with E-state index in [0.29, 0.717) is 17.8 Å². The number of aryl methyl sites for hydroxylation is 1. The lowest BCUT2D eigenvalue weighted by Gasteiger charge is -2.19. The zero-order chi connectivity index (χ0) is 13.2. The largest absolute Gasteiger partial charge is 0.508 e. The highest BCUT2D eigenvalue weighted by atomic mass is 16.3. The highest BCUT2D eigenvalue weighted by molar-refractivity contribution is 5.40. The second-order valence-electron chi connectivity index (χ2n) is 5.33. The first-order valence-corrected chi connectivity index (χ1v) is 6.82. The highest BCUT2D eigenvalue weighted by Gasteiger charge is 2.23. The van der Waals surface area contributed by atoms with E-state index in [9.17, 15) is 5.11 Å². The van der Waals surface area contributed by atoms with Crippen LogP contribution in [-0.4, -0.2) is 11.1 Å². The van der Waals surface area contributed by atoms with Crippen molar-refractivity contribution in [1.29, 1.82) is 0 Å². The summed E-state index contributed by atoms with van der Waals surface area (Å²) in [5.41, 5.74) is 2.59. The average Bonchev–Trinajstić information content (AvgIpc) is 2.99. The van der Waals surface area contributed by atoms with E-state index in [1.165, 1.54) is 11.1 Å². The first kappa shape index (κ1) is 12.3. The number of phenols is 1. The molecule has 3 heteroatoms. The van der Waals surface area contributed by atoms with E-state index in [-0.39, 0.29) is 0 Å². The molecule has 2 aromatic rings. The quantitative estimate of drug-likeness (QED) is 0.884. The summed E-state index contributed by atoms with van der Waals surface area (Å²) in [6.07, 6.45) is 4.75. The molecule has 3 rings (SSSR count). The number of furan rings is 1. The van der Waals surface area contributed by atoms with E-state index in [1.807, 2.05) is 24.3 Å². The van der Waals surface area contributed by atoms with Gasteiger partial charge in [0.15, 0.2) is 0 Å². The van der Waals surface area contributed by atoms with Gasteiger partial charge in [-0.3, -0.25) is 0 Å². The van der Waals surface area contributed by atoms with Crippen molar-refractivity contribution >= 4 is 0 Å². The third-order valence-electron chi connectivity index (χ3n) is 3.78. The maximum atomic E-state index is 9.50. The van der Waals surface area contributed by atoms with Crippen molar-refractivity contribution in [2.75, 3.05) is 0 Å². The number of benzene rings is 1. The Hall–Kier alpha value is -1.74. The molecule has 2 N–H and O–H groups in total. The molecule has 0 radical (unpaired) electrons. The van der Waals surface area contributed by atoms with Gasteiger partial charge < -0.3 is 14.8 Å². The van der Waals surface area contributed by atoms with Crippen LogP contribution in [0.5, 0.6) is 5.75 Å². The molecule has 0 amide bonds. The van der Waals surface area contributed by atoms with Gasteiger partial charge in [-0.1, -0.05) is 6.07 Å². The van der Waals surface area contributed by atoms with Crippen molar-refractivity contribution in [3.05, 3.63) is 53.5 Å². The molecule has 1 heterocycles. The molecular weight excluding hydrogens is 238 g/mol. The Labute approximate surface area is 113 Å². The number of rotatable bonds is 4. The number of phenolic OH excluding ortho intramolecular Hbond substituents is 1. The number of hydrogen-bond acceptors (Lipinski definition) is 3. The molecule has 100 valence electrons. The van der Waals surface area contributed by atoms with Crippen LogP contribution in [-0.2, 0) is 12.8 Å². The fourth-order valence-electron chi connectivity index (χ4n) is 2.91. The molecule has 2 atom stereocenters. The van der Waals surface area contributed by atoms with Gasteiger partial charge in [-0.2, -0.15) is 0 Å². The minimum atomic E-state index is 0.364. The minimum absolute atomic E-state index is 0.364. The van der Waals surface area contributed by atoms with Gasteiger partial charge in [-0.05, 0) is 55.2 Å². The van der Waals surface area contributed by atoms with Gasteiger partial charge in [-0.15, -0.1) is 0 Å². The normalized spacial score (nSPS) is 19.3. The van der Waals surface area contributed by atoms with Crippen LogP contribution in [0.2, 0.25) is 0 Å². The summed E-state index contributed by atoms with van der Waals surface area (Å²) in [7, 11) is 0. The number of hydrogen-bond donors (Lipinski definition) is 2. The lowest BCUT2D eigenvalue weighted by atomic mass is 10.1. The summed E-state index contributed by atoms with van der Waals surface area (Å²) >= 11 is 0. The van der Waals surface area contributed by atoms with Crippen LogP contribution < -0.4 is 5.32 Å². The van der Waals surface area contributed by atoms with Gasteiger partial charge in [0.25, 0.3) is 0 Å². The molecule has 0 aliphatic heterocycles. The maximum Gasteiger partial charge on any atom is 0.115 e.